The highest BCUT2D eigenvalue weighted by molar-refractivity contribution is 7.21. The Morgan fingerprint density at radius 2 is 2.38 bits per heavy atom. The third kappa shape index (κ3) is 2.43. The van der Waals surface area contributed by atoms with Gasteiger partial charge in [0.05, 0.1) is 10.4 Å². The number of imidazole rings is 1. The second-order valence-electron chi connectivity index (χ2n) is 4.36. The molecule has 21 heavy (non-hydrogen) atoms. The van der Waals surface area contributed by atoms with E-state index in [1.165, 1.54) is 28.7 Å². The largest absolute Gasteiger partial charge is 0.480 e. The standard InChI is InChI=1S/C13H11N3O3S2/c1-2-3-7(12(18)19)14-10(17)9-6-8-11(21-9)15-13-16(8)4-5-20-13/h2,4-7H,1,3H2,(H,14,17)(H,18,19). The van der Waals surface area contributed by atoms with Gasteiger partial charge in [0.1, 0.15) is 10.9 Å². The number of aliphatic carboxylic acids is 1. The summed E-state index contributed by atoms with van der Waals surface area (Å²) in [7, 11) is 0. The topological polar surface area (TPSA) is 83.7 Å². The number of carboxylic acid groups (broad SMARTS) is 1. The molecule has 3 aromatic rings. The van der Waals surface area contributed by atoms with Gasteiger partial charge in [0, 0.05) is 11.6 Å². The van der Waals surface area contributed by atoms with E-state index in [1.54, 1.807) is 6.07 Å². The molecule has 0 radical (unpaired) electrons. The van der Waals surface area contributed by atoms with Crippen LogP contribution in [0, 0.1) is 0 Å². The number of fused-ring (bicyclic) bond motifs is 3. The van der Waals surface area contributed by atoms with Gasteiger partial charge in [-0.15, -0.1) is 29.3 Å². The molecule has 0 fully saturated rings. The maximum atomic E-state index is 12.1. The van der Waals surface area contributed by atoms with E-state index in [0.717, 1.165) is 15.3 Å². The van der Waals surface area contributed by atoms with Crippen LogP contribution in [0.4, 0.5) is 0 Å². The van der Waals surface area contributed by atoms with Crippen LogP contribution in [0.5, 0.6) is 0 Å². The summed E-state index contributed by atoms with van der Waals surface area (Å²) in [5, 5.41) is 13.5. The Kier molecular flexibility index (Phi) is 3.48. The summed E-state index contributed by atoms with van der Waals surface area (Å²) < 4.78 is 1.91. The Bertz CT molecular complexity index is 845. The van der Waals surface area contributed by atoms with Crippen LogP contribution in [0.3, 0.4) is 0 Å². The first-order valence-corrected chi connectivity index (χ1v) is 7.79. The van der Waals surface area contributed by atoms with Gasteiger partial charge in [-0.05, 0) is 12.5 Å². The molecule has 0 saturated heterocycles. The van der Waals surface area contributed by atoms with Crippen LogP contribution >= 0.6 is 22.7 Å². The van der Waals surface area contributed by atoms with Gasteiger partial charge in [0.2, 0.25) is 0 Å². The van der Waals surface area contributed by atoms with Gasteiger partial charge in [-0.25, -0.2) is 9.78 Å². The van der Waals surface area contributed by atoms with Crippen molar-refractivity contribution in [2.45, 2.75) is 12.5 Å². The maximum absolute atomic E-state index is 12.1. The number of thiophene rings is 1. The Balaban J connectivity index is 1.88. The van der Waals surface area contributed by atoms with Crippen LogP contribution in [-0.2, 0) is 4.79 Å². The van der Waals surface area contributed by atoms with Crippen LogP contribution in [0.25, 0.3) is 15.3 Å². The third-order valence-corrected chi connectivity index (χ3v) is 4.74. The molecule has 1 atom stereocenters. The van der Waals surface area contributed by atoms with Crippen molar-refractivity contribution in [1.29, 1.82) is 0 Å². The number of nitrogens with one attached hydrogen (secondary N) is 1. The first kappa shape index (κ1) is 13.8. The van der Waals surface area contributed by atoms with Crippen molar-refractivity contribution >= 4 is 49.9 Å². The molecule has 0 bridgehead atoms. The van der Waals surface area contributed by atoms with E-state index in [1.807, 2.05) is 16.0 Å². The van der Waals surface area contributed by atoms with Crippen molar-refractivity contribution in [1.82, 2.24) is 14.7 Å². The lowest BCUT2D eigenvalue weighted by Crippen LogP contribution is -2.40. The van der Waals surface area contributed by atoms with E-state index in [4.69, 9.17) is 5.11 Å². The molecule has 0 aliphatic carbocycles. The van der Waals surface area contributed by atoms with Crippen LogP contribution in [-0.4, -0.2) is 32.4 Å². The van der Waals surface area contributed by atoms with Gasteiger partial charge in [-0.2, -0.15) is 0 Å². The number of amides is 1. The number of carboxylic acids is 1. The van der Waals surface area contributed by atoms with Crippen molar-refractivity contribution in [2.24, 2.45) is 0 Å². The fraction of sp³-hybridized carbons (Fsp3) is 0.154. The molecule has 3 rings (SSSR count). The average molecular weight is 321 g/mol. The lowest BCUT2D eigenvalue weighted by molar-refractivity contribution is -0.139. The molecule has 3 heterocycles. The fourth-order valence-corrected chi connectivity index (χ4v) is 3.68. The van der Waals surface area contributed by atoms with Gasteiger partial charge >= 0.3 is 5.97 Å². The lowest BCUT2D eigenvalue weighted by atomic mass is 10.2. The van der Waals surface area contributed by atoms with E-state index in [2.05, 4.69) is 16.9 Å². The van der Waals surface area contributed by atoms with Crippen molar-refractivity contribution < 1.29 is 14.7 Å². The van der Waals surface area contributed by atoms with Crippen LogP contribution < -0.4 is 5.32 Å². The molecule has 3 aromatic heterocycles. The smallest absolute Gasteiger partial charge is 0.326 e. The van der Waals surface area contributed by atoms with Gasteiger partial charge in [0.15, 0.2) is 4.96 Å². The first-order chi connectivity index (χ1) is 10.1. The van der Waals surface area contributed by atoms with E-state index in [9.17, 15) is 9.59 Å². The quantitative estimate of drug-likeness (QED) is 0.707. The summed E-state index contributed by atoms with van der Waals surface area (Å²) in [6, 6.07) is 0.766. The Hall–Kier alpha value is -2.19. The van der Waals surface area contributed by atoms with Gasteiger partial charge in [0.25, 0.3) is 5.91 Å². The molecule has 0 spiro atoms. The SMILES string of the molecule is C=CCC(NC(=O)c1cc2c(nc3sccn32)s1)C(=O)O. The molecule has 0 aliphatic rings. The predicted molar refractivity (Wildman–Crippen MR) is 82.2 cm³/mol. The minimum atomic E-state index is -1.08. The zero-order valence-electron chi connectivity index (χ0n) is 10.8. The Morgan fingerprint density at radius 3 is 3.10 bits per heavy atom. The maximum Gasteiger partial charge on any atom is 0.326 e. The fourth-order valence-electron chi connectivity index (χ4n) is 1.98. The van der Waals surface area contributed by atoms with E-state index >= 15 is 0 Å². The average Bonchev–Trinajstić information content (AvgIpc) is 3.08. The third-order valence-electron chi connectivity index (χ3n) is 2.97. The normalized spacial score (nSPS) is 12.6. The van der Waals surface area contributed by atoms with E-state index < -0.39 is 17.9 Å². The molecular weight excluding hydrogens is 310 g/mol. The number of carbonyl (C=O) groups excluding carboxylic acids is 1. The zero-order chi connectivity index (χ0) is 15.0. The molecule has 2 N–H and O–H groups in total. The molecule has 0 saturated carbocycles. The summed E-state index contributed by atoms with van der Waals surface area (Å²) in [4.78, 5) is 29.7. The lowest BCUT2D eigenvalue weighted by Gasteiger charge is -2.11. The molecular formula is C13H11N3O3S2. The number of nitrogens with zero attached hydrogens (tertiary/aromatic N) is 2. The van der Waals surface area contributed by atoms with Crippen molar-refractivity contribution in [3.8, 4) is 0 Å². The van der Waals surface area contributed by atoms with Crippen LogP contribution in [0.2, 0.25) is 0 Å². The highest BCUT2D eigenvalue weighted by atomic mass is 32.1. The van der Waals surface area contributed by atoms with Crippen molar-refractivity contribution in [2.75, 3.05) is 0 Å². The number of rotatable bonds is 5. The Morgan fingerprint density at radius 1 is 1.57 bits per heavy atom. The summed E-state index contributed by atoms with van der Waals surface area (Å²) in [5.41, 5.74) is 0.858. The predicted octanol–water partition coefficient (Wildman–Crippen LogP) is 2.37. The minimum absolute atomic E-state index is 0.181. The minimum Gasteiger partial charge on any atom is -0.480 e. The summed E-state index contributed by atoms with van der Waals surface area (Å²) in [6.07, 6.45) is 3.54. The first-order valence-electron chi connectivity index (χ1n) is 6.10. The number of carbonyl (C=O) groups is 2. The summed E-state index contributed by atoms with van der Waals surface area (Å²) >= 11 is 2.77. The summed E-state index contributed by atoms with van der Waals surface area (Å²) in [6.45, 7) is 3.49. The number of hydrogen-bond donors (Lipinski definition) is 2. The second kappa shape index (κ2) is 5.30. The highest BCUT2D eigenvalue weighted by Crippen LogP contribution is 2.28. The van der Waals surface area contributed by atoms with Gasteiger partial charge in [-0.1, -0.05) is 6.08 Å². The van der Waals surface area contributed by atoms with Crippen LogP contribution in [0.1, 0.15) is 16.1 Å². The van der Waals surface area contributed by atoms with Gasteiger partial charge < -0.3 is 10.4 Å². The molecule has 6 nitrogen and oxygen atoms in total. The second-order valence-corrected chi connectivity index (χ2v) is 6.26. The number of hydrogen-bond acceptors (Lipinski definition) is 5. The number of aromatic nitrogens is 2. The monoisotopic (exact) mass is 321 g/mol. The molecule has 0 aliphatic heterocycles. The van der Waals surface area contributed by atoms with E-state index in [0.29, 0.717) is 4.88 Å². The molecule has 1 amide bonds. The summed E-state index contributed by atoms with van der Waals surface area (Å²) in [5.74, 6) is -1.48. The zero-order valence-corrected chi connectivity index (χ0v) is 12.4. The Labute approximate surface area is 127 Å². The number of thiazole rings is 1. The van der Waals surface area contributed by atoms with Crippen molar-refractivity contribution in [3.63, 3.8) is 0 Å². The van der Waals surface area contributed by atoms with Gasteiger partial charge in [-0.3, -0.25) is 9.20 Å². The molecule has 0 aromatic carbocycles. The molecule has 108 valence electrons. The van der Waals surface area contributed by atoms with E-state index in [-0.39, 0.29) is 6.42 Å². The molecule has 1 unspecified atom stereocenters. The van der Waals surface area contributed by atoms with Crippen LogP contribution in [0.15, 0.2) is 30.3 Å². The highest BCUT2D eigenvalue weighted by Gasteiger charge is 2.21. The van der Waals surface area contributed by atoms with Crippen molar-refractivity contribution in [3.05, 3.63) is 35.2 Å². The molecule has 8 heteroatoms.